The van der Waals surface area contributed by atoms with Crippen molar-refractivity contribution in [3.63, 3.8) is 0 Å². The maximum Gasteiger partial charge on any atom is 0.193 e. The minimum absolute atomic E-state index is 0.340. The summed E-state index contributed by atoms with van der Waals surface area (Å²) in [5, 5.41) is 3.25. The second-order valence-electron chi connectivity index (χ2n) is 6.45. The number of ether oxygens (including phenoxy) is 1. The Bertz CT molecular complexity index is 698. The number of rotatable bonds is 5. The molecule has 140 valence electrons. The van der Waals surface area contributed by atoms with Gasteiger partial charge in [-0.2, -0.15) is 0 Å². The van der Waals surface area contributed by atoms with Crippen molar-refractivity contribution in [1.82, 2.24) is 10.2 Å². The topological polar surface area (TPSA) is 71.0 Å². The van der Waals surface area contributed by atoms with Crippen molar-refractivity contribution in [3.8, 4) is 0 Å². The number of guanidine groups is 1. The van der Waals surface area contributed by atoms with Crippen LogP contribution >= 0.6 is 15.9 Å². The van der Waals surface area contributed by atoms with Crippen LogP contribution < -0.4 is 5.32 Å². The number of nitrogens with zero attached hydrogens (tertiary/aromatic N) is 2. The predicted molar refractivity (Wildman–Crippen MR) is 105 cm³/mol. The van der Waals surface area contributed by atoms with E-state index in [0.717, 1.165) is 10.0 Å². The third-order valence-electron chi connectivity index (χ3n) is 4.67. The molecule has 0 atom stereocenters. The van der Waals surface area contributed by atoms with Crippen LogP contribution in [0.25, 0.3) is 0 Å². The summed E-state index contributed by atoms with van der Waals surface area (Å²) in [7, 11) is 0.443. The molecule has 0 spiro atoms. The zero-order valence-electron chi connectivity index (χ0n) is 15.0. The highest BCUT2D eigenvalue weighted by molar-refractivity contribution is 9.10. The summed E-state index contributed by atoms with van der Waals surface area (Å²) >= 11 is 3.43. The van der Waals surface area contributed by atoms with Crippen LogP contribution in [0.3, 0.4) is 0 Å². The summed E-state index contributed by atoms with van der Waals surface area (Å²) in [4.78, 5) is 6.28. The van der Waals surface area contributed by atoms with Gasteiger partial charge in [0.05, 0.1) is 4.75 Å². The molecule has 0 amide bonds. The van der Waals surface area contributed by atoms with E-state index in [9.17, 15) is 8.42 Å². The molecule has 1 N–H and O–H groups in total. The Morgan fingerprint density at radius 2 is 1.92 bits per heavy atom. The van der Waals surface area contributed by atoms with Gasteiger partial charge >= 0.3 is 0 Å². The van der Waals surface area contributed by atoms with Gasteiger partial charge in [0, 0.05) is 51.1 Å². The van der Waals surface area contributed by atoms with Crippen LogP contribution in [0.4, 0.5) is 0 Å². The Balaban J connectivity index is 2.04. The minimum atomic E-state index is -3.20. The van der Waals surface area contributed by atoms with Crippen molar-refractivity contribution >= 4 is 31.7 Å². The first kappa shape index (κ1) is 20.2. The largest absolute Gasteiger partial charge is 0.381 e. The smallest absolute Gasteiger partial charge is 0.193 e. The molecule has 1 fully saturated rings. The van der Waals surface area contributed by atoms with E-state index in [1.165, 1.54) is 6.26 Å². The van der Waals surface area contributed by atoms with Gasteiger partial charge < -0.3 is 15.0 Å². The Labute approximate surface area is 158 Å². The summed E-state index contributed by atoms with van der Waals surface area (Å²) in [5.74, 6) is 0.678. The Hall–Kier alpha value is -1.12. The molecule has 25 heavy (non-hydrogen) atoms. The number of benzene rings is 1. The summed E-state index contributed by atoms with van der Waals surface area (Å²) in [6.07, 6.45) is 2.33. The van der Waals surface area contributed by atoms with Crippen molar-refractivity contribution in [3.05, 3.63) is 34.3 Å². The van der Waals surface area contributed by atoms with Gasteiger partial charge in [0.25, 0.3) is 0 Å². The Kier molecular flexibility index (Phi) is 6.87. The lowest BCUT2D eigenvalue weighted by atomic mass is 9.99. The fourth-order valence-corrected chi connectivity index (χ4v) is 4.49. The molecule has 0 aliphatic carbocycles. The normalized spacial score (nSPS) is 18.0. The molecule has 2 rings (SSSR count). The van der Waals surface area contributed by atoms with Crippen LogP contribution in [0.2, 0.25) is 0 Å². The van der Waals surface area contributed by atoms with Gasteiger partial charge in [-0.25, -0.2) is 8.42 Å². The predicted octanol–water partition coefficient (Wildman–Crippen LogP) is 2.05. The summed E-state index contributed by atoms with van der Waals surface area (Å²) in [5.41, 5.74) is 1.15. The number of nitrogens with one attached hydrogen (secondary N) is 1. The minimum Gasteiger partial charge on any atom is -0.381 e. The number of halogens is 1. The van der Waals surface area contributed by atoms with E-state index in [1.807, 2.05) is 36.2 Å². The summed E-state index contributed by atoms with van der Waals surface area (Å²) in [6.45, 7) is 1.97. The Morgan fingerprint density at radius 1 is 1.32 bits per heavy atom. The van der Waals surface area contributed by atoms with E-state index in [2.05, 4.69) is 26.2 Å². The highest BCUT2D eigenvalue weighted by atomic mass is 79.9. The first-order valence-corrected chi connectivity index (χ1v) is 10.9. The van der Waals surface area contributed by atoms with Gasteiger partial charge in [0.2, 0.25) is 0 Å². The van der Waals surface area contributed by atoms with Gasteiger partial charge in [-0.15, -0.1) is 0 Å². The quantitative estimate of drug-likeness (QED) is 0.570. The van der Waals surface area contributed by atoms with Gasteiger partial charge in [0.1, 0.15) is 0 Å². The van der Waals surface area contributed by atoms with Crippen molar-refractivity contribution < 1.29 is 13.2 Å². The van der Waals surface area contributed by atoms with Crippen LogP contribution in [-0.2, 0) is 21.1 Å². The molecule has 1 aliphatic rings. The molecule has 0 bridgehead atoms. The van der Waals surface area contributed by atoms with E-state index in [1.54, 1.807) is 7.05 Å². The van der Waals surface area contributed by atoms with Gasteiger partial charge in [-0.3, -0.25) is 4.99 Å². The molecule has 6 nitrogen and oxygen atoms in total. The van der Waals surface area contributed by atoms with Gasteiger partial charge in [0.15, 0.2) is 15.8 Å². The highest BCUT2D eigenvalue weighted by Gasteiger charge is 2.42. The first-order chi connectivity index (χ1) is 11.8. The lowest BCUT2D eigenvalue weighted by Crippen LogP contribution is -2.53. The second-order valence-corrected chi connectivity index (χ2v) is 9.78. The van der Waals surface area contributed by atoms with E-state index >= 15 is 0 Å². The van der Waals surface area contributed by atoms with E-state index in [0.29, 0.717) is 45.1 Å². The van der Waals surface area contributed by atoms with Gasteiger partial charge in [-0.05, 0) is 30.5 Å². The average Bonchev–Trinajstić information content (AvgIpc) is 2.57. The molecule has 0 unspecified atom stereocenters. The maximum atomic E-state index is 12.3. The fourth-order valence-electron chi connectivity index (χ4n) is 2.99. The molecule has 1 saturated heterocycles. The van der Waals surface area contributed by atoms with Crippen molar-refractivity contribution in [2.24, 2.45) is 4.99 Å². The van der Waals surface area contributed by atoms with Crippen molar-refractivity contribution in [1.29, 1.82) is 0 Å². The van der Waals surface area contributed by atoms with Crippen molar-refractivity contribution in [2.75, 3.05) is 40.1 Å². The van der Waals surface area contributed by atoms with Crippen LogP contribution in [0.5, 0.6) is 0 Å². The molecule has 1 heterocycles. The highest BCUT2D eigenvalue weighted by Crippen LogP contribution is 2.28. The molecule has 1 aromatic rings. The first-order valence-electron chi connectivity index (χ1n) is 8.21. The number of aliphatic imine (C=N–C) groups is 1. The monoisotopic (exact) mass is 431 g/mol. The Morgan fingerprint density at radius 3 is 2.44 bits per heavy atom. The molecule has 0 saturated carbocycles. The molecule has 0 radical (unpaired) electrons. The zero-order chi connectivity index (χ0) is 18.5. The molecule has 0 aromatic heterocycles. The lowest BCUT2D eigenvalue weighted by Gasteiger charge is -2.36. The van der Waals surface area contributed by atoms with E-state index in [4.69, 9.17) is 4.74 Å². The summed E-state index contributed by atoms with van der Waals surface area (Å²) in [6, 6.07) is 8.09. The van der Waals surface area contributed by atoms with Crippen molar-refractivity contribution in [2.45, 2.75) is 24.1 Å². The van der Waals surface area contributed by atoms with Crippen LogP contribution in [-0.4, -0.2) is 64.1 Å². The van der Waals surface area contributed by atoms with Gasteiger partial charge in [-0.1, -0.05) is 28.1 Å². The molecular weight excluding hydrogens is 406 g/mol. The standard InChI is InChI=1S/C17H26BrN3O3S/c1-19-16(21(2)12-14-4-6-15(18)7-5-14)20-13-17(25(3,22)23)8-10-24-11-9-17/h4-7H,8-13H2,1-3H3,(H,19,20). The number of hydrogen-bond donors (Lipinski definition) is 1. The number of sulfone groups is 1. The fraction of sp³-hybridized carbons (Fsp3) is 0.588. The van der Waals surface area contributed by atoms with Crippen LogP contribution in [0, 0.1) is 0 Å². The van der Waals surface area contributed by atoms with E-state index in [-0.39, 0.29) is 0 Å². The summed E-state index contributed by atoms with van der Waals surface area (Å²) < 4.78 is 30.3. The average molecular weight is 432 g/mol. The molecule has 1 aromatic carbocycles. The second kappa shape index (κ2) is 8.51. The van der Waals surface area contributed by atoms with Crippen LogP contribution in [0.15, 0.2) is 33.7 Å². The third kappa shape index (κ3) is 5.18. The molecular formula is C17H26BrN3O3S. The lowest BCUT2D eigenvalue weighted by molar-refractivity contribution is 0.0755. The molecule has 8 heteroatoms. The number of hydrogen-bond acceptors (Lipinski definition) is 4. The maximum absolute atomic E-state index is 12.3. The van der Waals surface area contributed by atoms with Crippen LogP contribution in [0.1, 0.15) is 18.4 Å². The third-order valence-corrected chi connectivity index (χ3v) is 7.32. The molecule has 1 aliphatic heterocycles. The van der Waals surface area contributed by atoms with E-state index < -0.39 is 14.6 Å². The SMILES string of the molecule is CN=C(NCC1(S(C)(=O)=O)CCOCC1)N(C)Cc1ccc(Br)cc1. The zero-order valence-corrected chi connectivity index (χ0v) is 17.4.